The van der Waals surface area contributed by atoms with Crippen LogP contribution in [-0.4, -0.2) is 17.9 Å². The van der Waals surface area contributed by atoms with Crippen molar-refractivity contribution in [1.29, 1.82) is 0 Å². The third kappa shape index (κ3) is 3.20. The molecule has 0 amide bonds. The van der Waals surface area contributed by atoms with Crippen LogP contribution in [-0.2, 0) is 0 Å². The molecule has 2 fully saturated rings. The van der Waals surface area contributed by atoms with Crippen LogP contribution in [0.3, 0.4) is 0 Å². The summed E-state index contributed by atoms with van der Waals surface area (Å²) in [5, 5.41) is 3.65. The fraction of sp³-hybridized carbons (Fsp3) is 1.00. The molecular formula is C13H24BrN. The molecule has 0 aromatic rings. The minimum absolute atomic E-state index is 0.713. The summed E-state index contributed by atoms with van der Waals surface area (Å²) < 4.78 is 0. The lowest BCUT2D eigenvalue weighted by Crippen LogP contribution is -2.28. The lowest BCUT2D eigenvalue weighted by Gasteiger charge is -2.22. The largest absolute Gasteiger partial charge is 0.316 e. The van der Waals surface area contributed by atoms with Crippen LogP contribution in [0.15, 0.2) is 0 Å². The molecule has 2 saturated carbocycles. The first-order valence-corrected chi connectivity index (χ1v) is 7.56. The topological polar surface area (TPSA) is 12.0 Å². The Balaban J connectivity index is 1.55. The maximum absolute atomic E-state index is 3.68. The molecule has 0 saturated heterocycles. The van der Waals surface area contributed by atoms with Gasteiger partial charge in [0.1, 0.15) is 0 Å². The van der Waals surface area contributed by atoms with Crippen molar-refractivity contribution >= 4 is 15.9 Å². The van der Waals surface area contributed by atoms with E-state index in [1.165, 1.54) is 45.2 Å². The van der Waals surface area contributed by atoms with Gasteiger partial charge in [-0.05, 0) is 62.9 Å². The Labute approximate surface area is 103 Å². The third-order valence-corrected chi connectivity index (χ3v) is 5.47. The van der Waals surface area contributed by atoms with Crippen LogP contribution in [0, 0.1) is 17.8 Å². The Hall–Kier alpha value is 0.440. The molecule has 0 spiro atoms. The highest BCUT2D eigenvalue weighted by Crippen LogP contribution is 2.47. The Kier molecular flexibility index (Phi) is 4.51. The molecule has 2 bridgehead atoms. The van der Waals surface area contributed by atoms with Gasteiger partial charge in [0.2, 0.25) is 0 Å². The number of rotatable bonds is 6. The molecule has 4 atom stereocenters. The van der Waals surface area contributed by atoms with E-state index in [0.717, 1.165) is 17.8 Å². The molecule has 1 N–H and O–H groups in total. The molecule has 2 heteroatoms. The van der Waals surface area contributed by atoms with E-state index in [-0.39, 0.29) is 0 Å². The van der Waals surface area contributed by atoms with Gasteiger partial charge in [0.25, 0.3) is 0 Å². The molecule has 88 valence electrons. The highest BCUT2D eigenvalue weighted by molar-refractivity contribution is 9.09. The normalized spacial score (nSPS) is 36.0. The number of halogens is 1. The first-order chi connectivity index (χ1) is 7.29. The van der Waals surface area contributed by atoms with Crippen molar-refractivity contribution in [2.75, 3.05) is 13.1 Å². The highest BCUT2D eigenvalue weighted by Gasteiger charge is 2.38. The van der Waals surface area contributed by atoms with Gasteiger partial charge in [-0.3, -0.25) is 0 Å². The zero-order valence-electron chi connectivity index (χ0n) is 9.84. The summed E-state index contributed by atoms with van der Waals surface area (Å²) in [6.07, 6.45) is 8.63. The predicted octanol–water partition coefficient (Wildman–Crippen LogP) is 3.58. The van der Waals surface area contributed by atoms with Gasteiger partial charge in [0, 0.05) is 4.83 Å². The Morgan fingerprint density at radius 3 is 2.80 bits per heavy atom. The fourth-order valence-corrected chi connectivity index (χ4v) is 3.61. The van der Waals surface area contributed by atoms with E-state index >= 15 is 0 Å². The lowest BCUT2D eigenvalue weighted by molar-refractivity contribution is 0.319. The number of nitrogens with one attached hydrogen (secondary N) is 1. The van der Waals surface area contributed by atoms with E-state index in [0.29, 0.717) is 4.83 Å². The quantitative estimate of drug-likeness (QED) is 0.576. The van der Waals surface area contributed by atoms with Crippen LogP contribution in [0.1, 0.15) is 45.4 Å². The molecule has 0 aliphatic heterocycles. The molecule has 0 aromatic heterocycles. The predicted molar refractivity (Wildman–Crippen MR) is 69.4 cm³/mol. The molecule has 0 radical (unpaired) electrons. The summed E-state index contributed by atoms with van der Waals surface area (Å²) in [5.41, 5.74) is 0. The maximum Gasteiger partial charge on any atom is 0.0155 e. The average molecular weight is 274 g/mol. The summed E-state index contributed by atoms with van der Waals surface area (Å²) in [7, 11) is 0. The van der Waals surface area contributed by atoms with E-state index in [9.17, 15) is 0 Å². The van der Waals surface area contributed by atoms with Gasteiger partial charge in [0.15, 0.2) is 0 Å². The average Bonchev–Trinajstić information content (AvgIpc) is 2.85. The molecule has 2 rings (SSSR count). The molecule has 1 nitrogen and oxygen atoms in total. The van der Waals surface area contributed by atoms with Crippen LogP contribution in [0.2, 0.25) is 0 Å². The molecule has 0 aromatic carbocycles. The molecule has 2 aliphatic carbocycles. The van der Waals surface area contributed by atoms with Gasteiger partial charge in [-0.2, -0.15) is 0 Å². The first-order valence-electron chi connectivity index (χ1n) is 6.64. The zero-order valence-corrected chi connectivity index (χ0v) is 11.4. The van der Waals surface area contributed by atoms with Crippen LogP contribution < -0.4 is 5.32 Å². The summed E-state index contributed by atoms with van der Waals surface area (Å²) in [5.74, 6) is 3.19. The smallest absolute Gasteiger partial charge is 0.0155 e. The van der Waals surface area contributed by atoms with Crippen molar-refractivity contribution in [1.82, 2.24) is 5.32 Å². The standard InChI is InChI=1S/C13H24BrN/c1-2-13(14)5-6-15-9-12-8-10-3-4-11(12)7-10/h10-13,15H,2-9H2,1H3. The van der Waals surface area contributed by atoms with Crippen molar-refractivity contribution in [3.63, 3.8) is 0 Å². The van der Waals surface area contributed by atoms with Gasteiger partial charge >= 0.3 is 0 Å². The summed E-state index contributed by atoms with van der Waals surface area (Å²) in [6, 6.07) is 0. The number of hydrogen-bond acceptors (Lipinski definition) is 1. The second-order valence-corrected chi connectivity index (χ2v) is 6.73. The van der Waals surface area contributed by atoms with Crippen LogP contribution in [0.4, 0.5) is 0 Å². The SMILES string of the molecule is CCC(Br)CCNCC1CC2CCC1C2. The van der Waals surface area contributed by atoms with E-state index in [1.54, 1.807) is 6.42 Å². The van der Waals surface area contributed by atoms with Crippen molar-refractivity contribution in [2.45, 2.75) is 50.3 Å². The monoisotopic (exact) mass is 273 g/mol. The molecule has 15 heavy (non-hydrogen) atoms. The second kappa shape index (κ2) is 5.67. The Morgan fingerprint density at radius 1 is 1.33 bits per heavy atom. The maximum atomic E-state index is 3.68. The first kappa shape index (κ1) is 11.9. The fourth-order valence-electron chi connectivity index (χ4n) is 3.38. The zero-order chi connectivity index (χ0) is 10.7. The molecule has 4 unspecified atom stereocenters. The summed E-state index contributed by atoms with van der Waals surface area (Å²) in [6.45, 7) is 4.72. The second-order valence-electron chi connectivity index (χ2n) is 5.43. The van der Waals surface area contributed by atoms with Gasteiger partial charge in [-0.25, -0.2) is 0 Å². The van der Waals surface area contributed by atoms with E-state index in [1.807, 2.05) is 0 Å². The Morgan fingerprint density at radius 2 is 2.20 bits per heavy atom. The number of hydrogen-bond donors (Lipinski definition) is 1. The van der Waals surface area contributed by atoms with Crippen molar-refractivity contribution in [3.05, 3.63) is 0 Å². The van der Waals surface area contributed by atoms with Crippen LogP contribution in [0.25, 0.3) is 0 Å². The van der Waals surface area contributed by atoms with Crippen LogP contribution in [0.5, 0.6) is 0 Å². The van der Waals surface area contributed by atoms with Crippen molar-refractivity contribution in [3.8, 4) is 0 Å². The number of alkyl halides is 1. The summed E-state index contributed by atoms with van der Waals surface area (Å²) in [4.78, 5) is 0.713. The third-order valence-electron chi connectivity index (χ3n) is 4.37. The van der Waals surface area contributed by atoms with E-state index in [2.05, 4.69) is 28.2 Å². The molecular weight excluding hydrogens is 250 g/mol. The van der Waals surface area contributed by atoms with Gasteiger partial charge in [0.05, 0.1) is 0 Å². The van der Waals surface area contributed by atoms with Crippen LogP contribution >= 0.6 is 15.9 Å². The lowest BCUT2D eigenvalue weighted by atomic mass is 9.89. The van der Waals surface area contributed by atoms with Crippen molar-refractivity contribution in [2.24, 2.45) is 17.8 Å². The number of fused-ring (bicyclic) bond motifs is 2. The van der Waals surface area contributed by atoms with E-state index in [4.69, 9.17) is 0 Å². The van der Waals surface area contributed by atoms with Gasteiger partial charge in [-0.15, -0.1) is 0 Å². The van der Waals surface area contributed by atoms with Gasteiger partial charge < -0.3 is 5.32 Å². The highest BCUT2D eigenvalue weighted by atomic mass is 79.9. The summed E-state index contributed by atoms with van der Waals surface area (Å²) >= 11 is 3.68. The molecule has 2 aliphatic rings. The minimum Gasteiger partial charge on any atom is -0.316 e. The van der Waals surface area contributed by atoms with Crippen molar-refractivity contribution < 1.29 is 0 Å². The molecule has 0 heterocycles. The van der Waals surface area contributed by atoms with Gasteiger partial charge in [-0.1, -0.05) is 29.3 Å². The Bertz CT molecular complexity index is 195. The van der Waals surface area contributed by atoms with E-state index < -0.39 is 0 Å². The minimum atomic E-state index is 0.713.